The Balaban J connectivity index is 0.00000131. The number of nitrogens with zero attached hydrogens (tertiary/aromatic N) is 3. The first kappa shape index (κ1) is 21.3. The van der Waals surface area contributed by atoms with Gasteiger partial charge in [-0.15, -0.1) is 24.8 Å². The summed E-state index contributed by atoms with van der Waals surface area (Å²) in [5, 5.41) is 6.61. The molecule has 1 amide bonds. The molecule has 3 heterocycles. The van der Waals surface area contributed by atoms with Crippen molar-refractivity contribution in [1.82, 2.24) is 15.3 Å². The number of nitrogens with one attached hydrogen (secondary N) is 2. The number of piperidine rings is 1. The van der Waals surface area contributed by atoms with Gasteiger partial charge >= 0.3 is 0 Å². The number of rotatable bonds is 3. The summed E-state index contributed by atoms with van der Waals surface area (Å²) in [6.07, 6.45) is 7.56. The Bertz CT molecular complexity index is 759. The van der Waals surface area contributed by atoms with Crippen molar-refractivity contribution in [3.63, 3.8) is 0 Å². The molecule has 2 aliphatic heterocycles. The Hall–Kier alpha value is -2.05. The number of fused-ring (bicyclic) bond motifs is 1. The van der Waals surface area contributed by atoms with E-state index in [-0.39, 0.29) is 36.8 Å². The summed E-state index contributed by atoms with van der Waals surface area (Å²) in [7, 11) is 0. The second-order valence-electron chi connectivity index (χ2n) is 6.67. The highest BCUT2D eigenvalue weighted by atomic mass is 35.5. The second kappa shape index (κ2) is 9.76. The zero-order valence-electron chi connectivity index (χ0n) is 15.1. The molecule has 2 N–H and O–H groups in total. The molecule has 146 valence electrons. The Labute approximate surface area is 172 Å². The van der Waals surface area contributed by atoms with Gasteiger partial charge in [-0.05, 0) is 49.4 Å². The molecule has 0 bridgehead atoms. The molecular formula is C19H25Cl2N5O. The van der Waals surface area contributed by atoms with Crippen LogP contribution in [0.25, 0.3) is 0 Å². The van der Waals surface area contributed by atoms with Crippen LogP contribution in [0.1, 0.15) is 35.2 Å². The monoisotopic (exact) mass is 409 g/mol. The first-order valence-corrected chi connectivity index (χ1v) is 9.00. The van der Waals surface area contributed by atoms with Gasteiger partial charge in [-0.25, -0.2) is 9.97 Å². The molecule has 0 radical (unpaired) electrons. The van der Waals surface area contributed by atoms with E-state index in [0.29, 0.717) is 0 Å². The predicted molar refractivity (Wildman–Crippen MR) is 112 cm³/mol. The fourth-order valence-electron chi connectivity index (χ4n) is 3.72. The van der Waals surface area contributed by atoms with Crippen LogP contribution in [-0.2, 0) is 6.42 Å². The van der Waals surface area contributed by atoms with Crippen LogP contribution in [0.2, 0.25) is 0 Å². The lowest BCUT2D eigenvalue weighted by Crippen LogP contribution is -2.48. The van der Waals surface area contributed by atoms with Crippen molar-refractivity contribution in [1.29, 1.82) is 0 Å². The van der Waals surface area contributed by atoms with Gasteiger partial charge < -0.3 is 15.5 Å². The van der Waals surface area contributed by atoms with Crippen LogP contribution >= 0.6 is 24.8 Å². The van der Waals surface area contributed by atoms with Crippen LogP contribution in [0.4, 0.5) is 11.6 Å². The highest BCUT2D eigenvalue weighted by molar-refractivity contribution is 5.97. The zero-order valence-corrected chi connectivity index (χ0v) is 16.7. The van der Waals surface area contributed by atoms with Crippen molar-refractivity contribution in [2.24, 2.45) is 0 Å². The second-order valence-corrected chi connectivity index (χ2v) is 6.67. The van der Waals surface area contributed by atoms with Crippen LogP contribution in [0.5, 0.6) is 0 Å². The fraction of sp³-hybridized carbons (Fsp3) is 0.421. The van der Waals surface area contributed by atoms with E-state index in [4.69, 9.17) is 0 Å². The number of anilines is 2. The molecule has 4 rings (SSSR count). The van der Waals surface area contributed by atoms with E-state index in [2.05, 4.69) is 31.6 Å². The van der Waals surface area contributed by atoms with Gasteiger partial charge in [0.15, 0.2) is 0 Å². The standard InChI is InChI=1S/C19H23N5O.2ClH/c25-18(16-6-1-8-17-15(16)7-2-9-20-17)23-14-5-3-12-24(13-14)19-21-10-4-11-22-19;;/h1,4,6,8,10-11,14,20H,2-3,5,7,9,12-13H2,(H,23,25);2*1H. The van der Waals surface area contributed by atoms with Gasteiger partial charge in [0.1, 0.15) is 0 Å². The van der Waals surface area contributed by atoms with Crippen molar-refractivity contribution in [3.05, 3.63) is 47.8 Å². The lowest BCUT2D eigenvalue weighted by molar-refractivity contribution is 0.0932. The van der Waals surface area contributed by atoms with E-state index in [0.717, 1.165) is 68.1 Å². The molecule has 2 aliphatic rings. The van der Waals surface area contributed by atoms with Crippen LogP contribution in [0, 0.1) is 0 Å². The highest BCUT2D eigenvalue weighted by Gasteiger charge is 2.25. The van der Waals surface area contributed by atoms with Gasteiger partial charge in [-0.2, -0.15) is 0 Å². The Morgan fingerprint density at radius 3 is 2.78 bits per heavy atom. The van der Waals surface area contributed by atoms with Crippen LogP contribution < -0.4 is 15.5 Å². The summed E-state index contributed by atoms with van der Waals surface area (Å²) in [4.78, 5) is 23.6. The van der Waals surface area contributed by atoms with E-state index in [1.807, 2.05) is 18.2 Å². The third-order valence-electron chi connectivity index (χ3n) is 4.93. The zero-order chi connectivity index (χ0) is 17.1. The predicted octanol–water partition coefficient (Wildman–Crippen LogP) is 3.08. The minimum Gasteiger partial charge on any atom is -0.385 e. The first-order chi connectivity index (χ1) is 12.3. The summed E-state index contributed by atoms with van der Waals surface area (Å²) in [5.74, 6) is 0.768. The number of carbonyl (C=O) groups excluding carboxylic acids is 1. The minimum atomic E-state index is 0. The highest BCUT2D eigenvalue weighted by Crippen LogP contribution is 2.25. The number of hydrogen-bond acceptors (Lipinski definition) is 5. The smallest absolute Gasteiger partial charge is 0.251 e. The maximum absolute atomic E-state index is 12.8. The van der Waals surface area contributed by atoms with E-state index < -0.39 is 0 Å². The summed E-state index contributed by atoms with van der Waals surface area (Å²) in [6.45, 7) is 2.66. The molecule has 1 unspecified atom stereocenters. The quantitative estimate of drug-likeness (QED) is 0.814. The third-order valence-corrected chi connectivity index (χ3v) is 4.93. The summed E-state index contributed by atoms with van der Waals surface area (Å²) >= 11 is 0. The van der Waals surface area contributed by atoms with E-state index in [1.54, 1.807) is 12.4 Å². The maximum atomic E-state index is 12.8. The average Bonchev–Trinajstić information content (AvgIpc) is 2.68. The lowest BCUT2D eigenvalue weighted by atomic mass is 9.96. The van der Waals surface area contributed by atoms with E-state index in [1.165, 1.54) is 0 Å². The van der Waals surface area contributed by atoms with Gasteiger partial charge in [0.05, 0.1) is 0 Å². The number of aromatic nitrogens is 2. The molecule has 2 aromatic rings. The lowest BCUT2D eigenvalue weighted by Gasteiger charge is -2.33. The molecule has 1 aromatic heterocycles. The van der Waals surface area contributed by atoms with Gasteiger partial charge in [0.2, 0.25) is 5.95 Å². The Morgan fingerprint density at radius 2 is 1.96 bits per heavy atom. The SMILES string of the molecule is Cl.Cl.O=C(NC1CCCN(c2ncccn2)C1)c1cccc2c1CCCN2. The molecule has 8 heteroatoms. The minimum absolute atomic E-state index is 0. The fourth-order valence-corrected chi connectivity index (χ4v) is 3.72. The van der Waals surface area contributed by atoms with Gasteiger partial charge in [-0.3, -0.25) is 4.79 Å². The van der Waals surface area contributed by atoms with Crippen LogP contribution in [0.15, 0.2) is 36.7 Å². The van der Waals surface area contributed by atoms with Crippen molar-refractivity contribution in [2.45, 2.75) is 31.7 Å². The maximum Gasteiger partial charge on any atom is 0.251 e. The van der Waals surface area contributed by atoms with E-state index >= 15 is 0 Å². The number of benzene rings is 1. The summed E-state index contributed by atoms with van der Waals surface area (Å²) in [5.41, 5.74) is 3.05. The molecule has 27 heavy (non-hydrogen) atoms. The molecule has 0 spiro atoms. The number of amides is 1. The number of hydrogen-bond donors (Lipinski definition) is 2. The molecule has 1 atom stereocenters. The van der Waals surface area contributed by atoms with Crippen molar-refractivity contribution >= 4 is 42.4 Å². The first-order valence-electron chi connectivity index (χ1n) is 9.00. The van der Waals surface area contributed by atoms with Crippen molar-refractivity contribution in [3.8, 4) is 0 Å². The largest absolute Gasteiger partial charge is 0.385 e. The molecule has 6 nitrogen and oxygen atoms in total. The van der Waals surface area contributed by atoms with Crippen LogP contribution in [0.3, 0.4) is 0 Å². The van der Waals surface area contributed by atoms with Crippen LogP contribution in [-0.4, -0.2) is 41.6 Å². The molecule has 1 saturated heterocycles. The van der Waals surface area contributed by atoms with Crippen molar-refractivity contribution in [2.75, 3.05) is 29.9 Å². The molecule has 0 aliphatic carbocycles. The molecule has 0 saturated carbocycles. The van der Waals surface area contributed by atoms with Gasteiger partial charge in [0, 0.05) is 49.3 Å². The average molecular weight is 410 g/mol. The van der Waals surface area contributed by atoms with Crippen molar-refractivity contribution < 1.29 is 4.79 Å². The van der Waals surface area contributed by atoms with Gasteiger partial charge in [0.25, 0.3) is 5.91 Å². The number of carbonyl (C=O) groups is 1. The Morgan fingerprint density at radius 1 is 1.15 bits per heavy atom. The molecule has 1 aromatic carbocycles. The number of halogens is 2. The topological polar surface area (TPSA) is 70.2 Å². The van der Waals surface area contributed by atoms with E-state index in [9.17, 15) is 4.79 Å². The van der Waals surface area contributed by atoms with Gasteiger partial charge in [-0.1, -0.05) is 6.07 Å². The third kappa shape index (κ3) is 4.82. The molecule has 1 fully saturated rings. The Kier molecular flexibility index (Phi) is 7.68. The molecular weight excluding hydrogens is 385 g/mol. The summed E-state index contributed by atoms with van der Waals surface area (Å²) in [6, 6.07) is 7.89. The summed E-state index contributed by atoms with van der Waals surface area (Å²) < 4.78 is 0. The normalized spacial score (nSPS) is 18.2.